The van der Waals surface area contributed by atoms with E-state index in [0.717, 1.165) is 58.1 Å². The van der Waals surface area contributed by atoms with Gasteiger partial charge in [-0.3, -0.25) is 10.1 Å². The Hall–Kier alpha value is -4.64. The Balaban J connectivity index is 0.000000644. The molecule has 4 N–H and O–H groups in total. The Labute approximate surface area is 274 Å². The number of nitrogens with two attached hydrogens (primary N) is 1. The number of urea groups is 1. The van der Waals surface area contributed by atoms with Gasteiger partial charge < -0.3 is 30.4 Å². The van der Waals surface area contributed by atoms with E-state index in [1.807, 2.05) is 35.3 Å². The molecule has 0 saturated heterocycles. The number of hydrogen-bond donors (Lipinski definition) is 3. The number of anilines is 1. The molecule has 4 aromatic rings. The summed E-state index contributed by atoms with van der Waals surface area (Å²) in [5.74, 6) is -3.96. The summed E-state index contributed by atoms with van der Waals surface area (Å²) in [7, 11) is 1.93. The molecule has 12 nitrogen and oxygen atoms in total. The van der Waals surface area contributed by atoms with Crippen LogP contribution in [0.25, 0.3) is 4.96 Å². The van der Waals surface area contributed by atoms with E-state index in [-0.39, 0.29) is 24.8 Å². The number of phenolic OH excluding ortho intramolecular Hbond substituents is 1. The van der Waals surface area contributed by atoms with Gasteiger partial charge in [0.05, 0.1) is 18.6 Å². The number of benzene rings is 1. The summed E-state index contributed by atoms with van der Waals surface area (Å²) in [6, 6.07) is 8.23. The largest absolute Gasteiger partial charge is 0.542 e. The van der Waals surface area contributed by atoms with Crippen molar-refractivity contribution in [3.05, 3.63) is 69.8 Å². The SMILES string of the molecule is Cc1cn2c(CN(C(=O)Nc3ccc(C(=O)OC4CCCC4)s3)[C@@H](Cc3ccc(O)cc3)C(N)=O)c[n+](C)c2s1.O=C([O-])C(F)(F)F. The fraction of sp³-hybridized carbons (Fsp3) is 0.367. The second-order valence-corrected chi connectivity index (χ2v) is 13.1. The number of fused-ring (bicyclic) bond motifs is 1. The number of carboxylic acids is 1. The maximum absolute atomic E-state index is 13.8. The summed E-state index contributed by atoms with van der Waals surface area (Å²) >= 11 is 2.75. The number of aryl methyl sites for hydroxylation is 2. The number of thiophene rings is 1. The zero-order valence-electron chi connectivity index (χ0n) is 25.3. The van der Waals surface area contributed by atoms with Gasteiger partial charge in [-0.25, -0.2) is 14.2 Å². The van der Waals surface area contributed by atoms with Gasteiger partial charge >= 0.3 is 23.1 Å². The van der Waals surface area contributed by atoms with Gasteiger partial charge in [0.25, 0.3) is 0 Å². The summed E-state index contributed by atoms with van der Waals surface area (Å²) in [4.78, 5) is 51.8. The quantitative estimate of drug-likeness (QED) is 0.178. The van der Waals surface area contributed by atoms with Gasteiger partial charge in [-0.05, 0) is 62.4 Å². The van der Waals surface area contributed by atoms with Gasteiger partial charge in [-0.1, -0.05) is 23.5 Å². The number of thiazole rings is 1. The lowest BCUT2D eigenvalue weighted by Gasteiger charge is -2.29. The van der Waals surface area contributed by atoms with Crippen molar-refractivity contribution in [1.29, 1.82) is 0 Å². The lowest BCUT2D eigenvalue weighted by atomic mass is 10.0. The average Bonchev–Trinajstić information content (AvgIpc) is 3.79. The molecule has 5 rings (SSSR count). The number of aromatic nitrogens is 2. The zero-order chi connectivity index (χ0) is 34.5. The maximum Gasteiger partial charge on any atom is 0.430 e. The first-order valence-corrected chi connectivity index (χ1v) is 16.0. The van der Waals surface area contributed by atoms with Gasteiger partial charge in [0, 0.05) is 11.3 Å². The number of halogens is 3. The predicted octanol–water partition coefficient (Wildman–Crippen LogP) is 3.43. The number of aromatic hydroxyl groups is 1. The number of nitrogens with one attached hydrogen (secondary N) is 1. The third-order valence-corrected chi connectivity index (χ3v) is 9.31. The molecule has 1 saturated carbocycles. The number of carboxylic acid groups (broad SMARTS) is 1. The van der Waals surface area contributed by atoms with Crippen LogP contribution in [0.5, 0.6) is 5.75 Å². The average molecular weight is 696 g/mol. The number of imidazole rings is 1. The summed E-state index contributed by atoms with van der Waals surface area (Å²) < 4.78 is 41.1. The number of ether oxygens (including phenoxy) is 1. The normalized spacial score (nSPS) is 13.9. The number of primary amides is 1. The van der Waals surface area contributed by atoms with Crippen LogP contribution in [0.15, 0.2) is 48.8 Å². The summed E-state index contributed by atoms with van der Waals surface area (Å²) in [5.41, 5.74) is 7.41. The standard InChI is InChI=1S/C28H31N5O5S2.C2HF3O2/c1-17-14-32-19(15-31(2)28(32)39-17)16-33(22(25(29)35)13-18-7-9-20(34)10-8-18)27(37)30-24-12-11-23(40-24)26(36)38-21-5-3-4-6-21;3-2(4,5)1(6)7/h7-12,14-15,21-22H,3-6,13,16H2,1-2H3,(H3-,29,30,34,35,36,37);(H,6,7)/t22-;/m0./s1. The van der Waals surface area contributed by atoms with Crippen LogP contribution in [0.1, 0.15) is 51.5 Å². The first kappa shape index (κ1) is 35.2. The molecule has 1 aliphatic carbocycles. The molecule has 3 aromatic heterocycles. The van der Waals surface area contributed by atoms with Crippen LogP contribution in [-0.4, -0.2) is 56.6 Å². The molecule has 0 unspecified atom stereocenters. The Kier molecular flexibility index (Phi) is 11.1. The minimum Gasteiger partial charge on any atom is -0.542 e. The van der Waals surface area contributed by atoms with Crippen LogP contribution < -0.4 is 20.7 Å². The minimum atomic E-state index is -5.19. The highest BCUT2D eigenvalue weighted by molar-refractivity contribution is 7.18. The number of hydrogen-bond acceptors (Lipinski definition) is 9. The van der Waals surface area contributed by atoms with Crippen LogP contribution in [0.3, 0.4) is 0 Å². The van der Waals surface area contributed by atoms with E-state index in [4.69, 9.17) is 20.4 Å². The lowest BCUT2D eigenvalue weighted by Crippen LogP contribution is -2.50. The van der Waals surface area contributed by atoms with Crippen molar-refractivity contribution in [2.45, 2.75) is 63.9 Å². The number of alkyl halides is 3. The number of phenols is 1. The van der Waals surface area contributed by atoms with Crippen LogP contribution >= 0.6 is 22.7 Å². The van der Waals surface area contributed by atoms with Crippen LogP contribution in [0, 0.1) is 6.92 Å². The number of rotatable bonds is 9. The minimum absolute atomic E-state index is 0.0553. The molecule has 252 valence electrons. The molecule has 1 atom stereocenters. The number of esters is 1. The first-order valence-electron chi connectivity index (χ1n) is 14.3. The summed E-state index contributed by atoms with van der Waals surface area (Å²) in [5, 5.41) is 21.8. The van der Waals surface area contributed by atoms with E-state index >= 15 is 0 Å². The van der Waals surface area contributed by atoms with Crippen LogP contribution in [0.2, 0.25) is 0 Å². The van der Waals surface area contributed by atoms with Gasteiger partial charge in [-0.15, -0.1) is 11.3 Å². The molecule has 0 radical (unpaired) electrons. The van der Waals surface area contributed by atoms with Crippen molar-refractivity contribution in [2.24, 2.45) is 12.8 Å². The molecule has 1 aromatic carbocycles. The molecule has 0 bridgehead atoms. The molecule has 1 aliphatic rings. The number of amides is 3. The fourth-order valence-electron chi connectivity index (χ4n) is 4.99. The van der Waals surface area contributed by atoms with Crippen molar-refractivity contribution in [3.8, 4) is 5.75 Å². The Morgan fingerprint density at radius 2 is 1.79 bits per heavy atom. The van der Waals surface area contributed by atoms with E-state index in [9.17, 15) is 32.7 Å². The van der Waals surface area contributed by atoms with E-state index < -0.39 is 36.1 Å². The molecule has 0 spiro atoms. The summed E-state index contributed by atoms with van der Waals surface area (Å²) in [6.07, 6.45) is 2.69. The van der Waals surface area contributed by atoms with Crippen LogP contribution in [0.4, 0.5) is 23.0 Å². The molecule has 47 heavy (non-hydrogen) atoms. The highest BCUT2D eigenvalue weighted by Crippen LogP contribution is 2.28. The first-order chi connectivity index (χ1) is 22.1. The zero-order valence-corrected chi connectivity index (χ0v) is 26.9. The Morgan fingerprint density at radius 1 is 1.15 bits per heavy atom. The third kappa shape index (κ3) is 9.22. The van der Waals surface area contributed by atoms with Gasteiger partial charge in [0.2, 0.25) is 5.91 Å². The predicted molar refractivity (Wildman–Crippen MR) is 164 cm³/mol. The van der Waals surface area contributed by atoms with E-state index in [1.54, 1.807) is 35.6 Å². The highest BCUT2D eigenvalue weighted by atomic mass is 32.1. The Morgan fingerprint density at radius 3 is 2.38 bits per heavy atom. The lowest BCUT2D eigenvalue weighted by molar-refractivity contribution is -0.642. The fourth-order valence-corrected chi connectivity index (χ4v) is 6.68. The molecule has 17 heteroatoms. The van der Waals surface area contributed by atoms with Gasteiger partial charge in [0.1, 0.15) is 41.1 Å². The van der Waals surface area contributed by atoms with E-state index in [1.165, 1.54) is 17.0 Å². The molecule has 3 heterocycles. The van der Waals surface area contributed by atoms with E-state index in [2.05, 4.69) is 5.32 Å². The third-order valence-electron chi connectivity index (χ3n) is 7.23. The molecule has 1 fully saturated rings. The number of carbonyl (C=O) groups excluding carboxylic acids is 4. The van der Waals surface area contributed by atoms with Crippen molar-refractivity contribution >= 4 is 56.5 Å². The topological polar surface area (TPSA) is 170 Å². The smallest absolute Gasteiger partial charge is 0.430 e. The number of nitrogens with zero attached hydrogens (tertiary/aromatic N) is 3. The number of carbonyl (C=O) groups is 4. The highest BCUT2D eigenvalue weighted by Gasteiger charge is 2.32. The van der Waals surface area contributed by atoms with Crippen molar-refractivity contribution in [2.75, 3.05) is 5.32 Å². The monoisotopic (exact) mass is 695 g/mol. The number of aliphatic carboxylic acids is 1. The second-order valence-electron chi connectivity index (χ2n) is 10.8. The Bertz CT molecular complexity index is 1740. The van der Waals surface area contributed by atoms with Gasteiger partial charge in [0.15, 0.2) is 5.69 Å². The summed E-state index contributed by atoms with van der Waals surface area (Å²) in [6.45, 7) is 2.12. The van der Waals surface area contributed by atoms with E-state index in [0.29, 0.717) is 9.88 Å². The molecule has 0 aliphatic heterocycles. The van der Waals surface area contributed by atoms with Crippen molar-refractivity contribution < 1.29 is 51.9 Å². The van der Waals surface area contributed by atoms with Crippen molar-refractivity contribution in [1.82, 2.24) is 9.30 Å². The van der Waals surface area contributed by atoms with Gasteiger partial charge in [-0.2, -0.15) is 17.6 Å². The molecular formula is C30H32F3N5O7S2. The van der Waals surface area contributed by atoms with Crippen LogP contribution in [-0.2, 0) is 34.3 Å². The molecular weight excluding hydrogens is 663 g/mol. The second kappa shape index (κ2) is 14.8. The maximum atomic E-state index is 13.8. The molecule has 3 amide bonds. The van der Waals surface area contributed by atoms with Crippen molar-refractivity contribution in [3.63, 3.8) is 0 Å².